The number of nitrogens with zero attached hydrogens (tertiary/aromatic N) is 4. The van der Waals surface area contributed by atoms with E-state index in [0.29, 0.717) is 17.0 Å². The summed E-state index contributed by atoms with van der Waals surface area (Å²) in [6.07, 6.45) is 1.66. The van der Waals surface area contributed by atoms with Crippen LogP contribution in [0.3, 0.4) is 0 Å². The van der Waals surface area contributed by atoms with Crippen molar-refractivity contribution in [3.8, 4) is 17.0 Å². The molecule has 0 saturated carbocycles. The molecule has 0 aliphatic rings. The highest BCUT2D eigenvalue weighted by atomic mass is 32.1. The predicted octanol–water partition coefficient (Wildman–Crippen LogP) is 2.85. The van der Waals surface area contributed by atoms with E-state index >= 15 is 0 Å². The lowest BCUT2D eigenvalue weighted by Gasteiger charge is -2.13. The van der Waals surface area contributed by atoms with Crippen LogP contribution in [0.2, 0.25) is 0 Å². The van der Waals surface area contributed by atoms with Gasteiger partial charge in [0.1, 0.15) is 18.4 Å². The highest BCUT2D eigenvalue weighted by molar-refractivity contribution is 7.16. The van der Waals surface area contributed by atoms with Gasteiger partial charge in [0.2, 0.25) is 0 Å². The van der Waals surface area contributed by atoms with Gasteiger partial charge in [0, 0.05) is 16.1 Å². The third-order valence-corrected chi connectivity index (χ3v) is 4.81. The highest BCUT2D eigenvalue weighted by Crippen LogP contribution is 2.30. The molecule has 0 aliphatic carbocycles. The van der Waals surface area contributed by atoms with Crippen molar-refractivity contribution in [3.05, 3.63) is 35.0 Å². The quantitative estimate of drug-likeness (QED) is 0.487. The molecule has 27 heavy (non-hydrogen) atoms. The van der Waals surface area contributed by atoms with Gasteiger partial charge in [0.15, 0.2) is 11.6 Å². The van der Waals surface area contributed by atoms with Crippen LogP contribution in [0.4, 0.5) is 10.8 Å². The molecule has 0 radical (unpaired) electrons. The van der Waals surface area contributed by atoms with Crippen LogP contribution >= 0.6 is 11.3 Å². The van der Waals surface area contributed by atoms with Crippen LogP contribution < -0.4 is 10.6 Å². The van der Waals surface area contributed by atoms with Crippen LogP contribution in [-0.2, 0) is 4.79 Å². The average Bonchev–Trinajstić information content (AvgIpc) is 3.24. The molecule has 9 nitrogen and oxygen atoms in total. The van der Waals surface area contributed by atoms with E-state index < -0.39 is 5.97 Å². The van der Waals surface area contributed by atoms with Crippen molar-refractivity contribution in [1.29, 1.82) is 0 Å². The Labute approximate surface area is 159 Å². The van der Waals surface area contributed by atoms with Crippen molar-refractivity contribution in [1.82, 2.24) is 20.0 Å². The number of aromatic nitrogens is 4. The summed E-state index contributed by atoms with van der Waals surface area (Å²) in [6.45, 7) is 5.44. The van der Waals surface area contributed by atoms with Gasteiger partial charge in [-0.1, -0.05) is 5.21 Å². The number of anilines is 2. The molecule has 0 spiro atoms. The Morgan fingerprint density at radius 3 is 2.81 bits per heavy atom. The number of carboxylic acid groups (broad SMARTS) is 1. The number of thiophene rings is 1. The number of aliphatic carboxylic acids is 1. The van der Waals surface area contributed by atoms with Gasteiger partial charge in [-0.05, 0) is 39.0 Å². The van der Waals surface area contributed by atoms with Crippen LogP contribution in [0.5, 0.6) is 5.75 Å². The first-order valence-corrected chi connectivity index (χ1v) is 9.06. The van der Waals surface area contributed by atoms with Crippen molar-refractivity contribution in [2.75, 3.05) is 17.2 Å². The van der Waals surface area contributed by atoms with E-state index in [1.54, 1.807) is 29.1 Å². The maximum absolute atomic E-state index is 10.7. The molecular formula is C17H20N6O3S. The SMILES string of the molecule is Cc1ccc(NC(C)n2cc(-c3cc(O)c(NCC(=O)O)nc3C)nn2)s1. The smallest absolute Gasteiger partial charge is 0.322 e. The molecule has 3 aromatic heterocycles. The zero-order chi connectivity index (χ0) is 19.6. The molecule has 3 heterocycles. The fourth-order valence-corrected chi connectivity index (χ4v) is 3.37. The minimum absolute atomic E-state index is 0.109. The Morgan fingerprint density at radius 1 is 1.37 bits per heavy atom. The molecule has 0 fully saturated rings. The molecule has 1 unspecified atom stereocenters. The van der Waals surface area contributed by atoms with Gasteiger partial charge in [-0.2, -0.15) is 0 Å². The van der Waals surface area contributed by atoms with Crippen molar-refractivity contribution in [2.45, 2.75) is 26.9 Å². The zero-order valence-electron chi connectivity index (χ0n) is 15.1. The Balaban J connectivity index is 1.79. The summed E-state index contributed by atoms with van der Waals surface area (Å²) in [5.41, 5.74) is 1.79. The number of carboxylic acids is 1. The van der Waals surface area contributed by atoms with E-state index in [-0.39, 0.29) is 24.3 Å². The standard InChI is InChI=1S/C17H20N6O3S/c1-9-4-5-15(27-9)20-11(3)23-8-13(21-22-23)12-6-14(24)17(19-10(12)2)18-7-16(25)26/h4-6,8,11,20,24H,7H2,1-3H3,(H,18,19)(H,25,26). The van der Waals surface area contributed by atoms with Gasteiger partial charge in [-0.15, -0.1) is 16.4 Å². The van der Waals surface area contributed by atoms with Crippen LogP contribution in [-0.4, -0.2) is 42.7 Å². The number of carbonyl (C=O) groups is 1. The topological polar surface area (TPSA) is 125 Å². The first-order chi connectivity index (χ1) is 12.8. The van der Waals surface area contributed by atoms with Gasteiger partial charge in [-0.3, -0.25) is 4.79 Å². The first kappa shape index (κ1) is 18.6. The van der Waals surface area contributed by atoms with E-state index in [2.05, 4.69) is 25.9 Å². The summed E-state index contributed by atoms with van der Waals surface area (Å²) in [4.78, 5) is 16.1. The van der Waals surface area contributed by atoms with Crippen LogP contribution in [0.15, 0.2) is 24.4 Å². The summed E-state index contributed by atoms with van der Waals surface area (Å²) in [7, 11) is 0. The zero-order valence-corrected chi connectivity index (χ0v) is 15.9. The maximum Gasteiger partial charge on any atom is 0.322 e. The number of nitrogens with one attached hydrogen (secondary N) is 2. The minimum atomic E-state index is -1.04. The van der Waals surface area contributed by atoms with E-state index in [4.69, 9.17) is 5.11 Å². The summed E-state index contributed by atoms with van der Waals surface area (Å²) < 4.78 is 1.69. The van der Waals surface area contributed by atoms with Crippen molar-refractivity contribution in [3.63, 3.8) is 0 Å². The molecule has 0 bridgehead atoms. The molecule has 4 N–H and O–H groups in total. The normalized spacial score (nSPS) is 12.0. The third-order valence-electron chi connectivity index (χ3n) is 3.87. The van der Waals surface area contributed by atoms with Gasteiger partial charge in [-0.25, -0.2) is 9.67 Å². The first-order valence-electron chi connectivity index (χ1n) is 8.25. The Kier molecular flexibility index (Phi) is 5.26. The molecule has 3 aromatic rings. The molecule has 0 aliphatic heterocycles. The number of pyridine rings is 1. The lowest BCUT2D eigenvalue weighted by Crippen LogP contribution is -2.14. The summed E-state index contributed by atoms with van der Waals surface area (Å²) >= 11 is 1.66. The number of rotatable bonds is 7. The second-order valence-corrected chi connectivity index (χ2v) is 7.34. The largest absolute Gasteiger partial charge is 0.504 e. The molecule has 1 atom stereocenters. The Hall–Kier alpha value is -3.14. The van der Waals surface area contributed by atoms with Crippen LogP contribution in [0, 0.1) is 13.8 Å². The number of aryl methyl sites for hydroxylation is 2. The van der Waals surface area contributed by atoms with Crippen molar-refractivity contribution in [2.24, 2.45) is 0 Å². The Morgan fingerprint density at radius 2 is 2.15 bits per heavy atom. The molecule has 0 saturated heterocycles. The predicted molar refractivity (Wildman–Crippen MR) is 103 cm³/mol. The molecule has 0 amide bonds. The lowest BCUT2D eigenvalue weighted by molar-refractivity contribution is -0.134. The van der Waals surface area contributed by atoms with Crippen LogP contribution in [0.1, 0.15) is 23.7 Å². The second-order valence-electron chi connectivity index (χ2n) is 6.05. The van der Waals surface area contributed by atoms with Crippen molar-refractivity contribution < 1.29 is 15.0 Å². The summed E-state index contributed by atoms with van der Waals surface area (Å²) in [6, 6.07) is 5.56. The molecule has 0 aromatic carbocycles. The summed E-state index contributed by atoms with van der Waals surface area (Å²) in [5.74, 6) is -1.07. The van der Waals surface area contributed by atoms with E-state index in [0.717, 1.165) is 5.00 Å². The monoisotopic (exact) mass is 388 g/mol. The third kappa shape index (κ3) is 4.34. The number of hydrogen-bond donors (Lipinski definition) is 4. The fraction of sp³-hybridized carbons (Fsp3) is 0.294. The summed E-state index contributed by atoms with van der Waals surface area (Å²) in [5, 5.41) is 34.1. The second kappa shape index (κ2) is 7.62. The van der Waals surface area contributed by atoms with Gasteiger partial charge in [0.05, 0.1) is 11.2 Å². The van der Waals surface area contributed by atoms with Crippen molar-refractivity contribution >= 4 is 28.1 Å². The lowest BCUT2D eigenvalue weighted by atomic mass is 10.1. The molecule has 10 heteroatoms. The number of aromatic hydroxyl groups is 1. The molecule has 142 valence electrons. The van der Waals surface area contributed by atoms with Crippen LogP contribution in [0.25, 0.3) is 11.3 Å². The minimum Gasteiger partial charge on any atom is -0.504 e. The van der Waals surface area contributed by atoms with E-state index in [1.807, 2.05) is 26.0 Å². The molecule has 3 rings (SSSR count). The molecular weight excluding hydrogens is 368 g/mol. The van der Waals surface area contributed by atoms with E-state index in [1.165, 1.54) is 10.9 Å². The van der Waals surface area contributed by atoms with E-state index in [9.17, 15) is 9.90 Å². The Bertz CT molecular complexity index is 967. The maximum atomic E-state index is 10.7. The number of hydrogen-bond acceptors (Lipinski definition) is 8. The average molecular weight is 388 g/mol. The highest BCUT2D eigenvalue weighted by Gasteiger charge is 2.15. The van der Waals surface area contributed by atoms with Gasteiger partial charge < -0.3 is 20.8 Å². The fourth-order valence-electron chi connectivity index (χ4n) is 2.52. The van der Waals surface area contributed by atoms with Gasteiger partial charge >= 0.3 is 5.97 Å². The van der Waals surface area contributed by atoms with Gasteiger partial charge in [0.25, 0.3) is 0 Å².